The van der Waals surface area contributed by atoms with Gasteiger partial charge in [0.15, 0.2) is 16.3 Å². The third-order valence-electron chi connectivity index (χ3n) is 5.24. The van der Waals surface area contributed by atoms with Crippen molar-refractivity contribution in [2.24, 2.45) is 14.1 Å². The van der Waals surface area contributed by atoms with Crippen LogP contribution < -0.4 is 16.6 Å². The molecule has 3 aromatic rings. The Balaban J connectivity index is 1.72. The molecule has 0 aliphatic heterocycles. The molecule has 2 aromatic heterocycles. The van der Waals surface area contributed by atoms with Gasteiger partial charge in [0.2, 0.25) is 5.91 Å². The van der Waals surface area contributed by atoms with Crippen LogP contribution in [-0.2, 0) is 23.6 Å². The van der Waals surface area contributed by atoms with Crippen LogP contribution in [0.3, 0.4) is 0 Å². The molecule has 0 spiro atoms. The molecule has 0 bridgehead atoms. The van der Waals surface area contributed by atoms with Crippen molar-refractivity contribution in [3.8, 4) is 0 Å². The van der Waals surface area contributed by atoms with E-state index < -0.39 is 17.2 Å². The highest BCUT2D eigenvalue weighted by Gasteiger charge is 2.21. The number of fused-ring (bicyclic) bond motifs is 1. The molecule has 1 aromatic carbocycles. The Labute approximate surface area is 200 Å². The number of ether oxygens (including phenoxy) is 1. The number of unbranched alkanes of at least 4 members (excludes halogenated alkanes) is 1. The number of nitrogens with one attached hydrogen (secondary N) is 1. The predicted octanol–water partition coefficient (Wildman–Crippen LogP) is 2.70. The Morgan fingerprint density at radius 3 is 2.41 bits per heavy atom. The molecule has 11 heteroatoms. The SMILES string of the molecule is CCCCOC(=O)c1ccc(NC(=O)CSc2nc3c(c(=O)n(C)c(=O)n3C)n2C(C)C)cc1. The van der Waals surface area contributed by atoms with Gasteiger partial charge in [-0.3, -0.25) is 18.7 Å². The van der Waals surface area contributed by atoms with Gasteiger partial charge < -0.3 is 14.6 Å². The van der Waals surface area contributed by atoms with Gasteiger partial charge in [-0.05, 0) is 44.5 Å². The zero-order valence-electron chi connectivity index (χ0n) is 20.0. The van der Waals surface area contributed by atoms with Gasteiger partial charge in [-0.2, -0.15) is 0 Å². The van der Waals surface area contributed by atoms with Gasteiger partial charge >= 0.3 is 11.7 Å². The molecule has 0 unspecified atom stereocenters. The van der Waals surface area contributed by atoms with E-state index in [2.05, 4.69) is 10.3 Å². The van der Waals surface area contributed by atoms with Crippen LogP contribution >= 0.6 is 11.8 Å². The molecule has 2 heterocycles. The summed E-state index contributed by atoms with van der Waals surface area (Å²) in [6.07, 6.45) is 1.76. The first-order valence-corrected chi connectivity index (χ1v) is 12.0. The number of carbonyl (C=O) groups is 2. The second-order valence-corrected chi connectivity index (χ2v) is 9.08. The number of imidazole rings is 1. The molecular weight excluding hydrogens is 458 g/mol. The molecule has 0 saturated heterocycles. The lowest BCUT2D eigenvalue weighted by Crippen LogP contribution is -2.37. The fourth-order valence-electron chi connectivity index (χ4n) is 3.38. The minimum absolute atomic E-state index is 0.0467. The molecule has 1 N–H and O–H groups in total. The van der Waals surface area contributed by atoms with Crippen molar-refractivity contribution in [1.82, 2.24) is 18.7 Å². The molecule has 182 valence electrons. The molecule has 0 aliphatic rings. The van der Waals surface area contributed by atoms with E-state index in [0.717, 1.165) is 17.4 Å². The van der Waals surface area contributed by atoms with E-state index in [0.29, 0.717) is 28.5 Å². The molecule has 0 radical (unpaired) electrons. The van der Waals surface area contributed by atoms with Gasteiger partial charge in [-0.15, -0.1) is 0 Å². The van der Waals surface area contributed by atoms with Crippen molar-refractivity contribution < 1.29 is 14.3 Å². The maximum atomic E-state index is 12.7. The number of nitrogens with zero attached hydrogens (tertiary/aromatic N) is 4. The van der Waals surface area contributed by atoms with E-state index >= 15 is 0 Å². The Morgan fingerprint density at radius 2 is 1.79 bits per heavy atom. The van der Waals surface area contributed by atoms with Crippen molar-refractivity contribution >= 4 is 40.5 Å². The summed E-state index contributed by atoms with van der Waals surface area (Å²) in [5, 5.41) is 3.26. The monoisotopic (exact) mass is 487 g/mol. The Hall–Kier alpha value is -3.34. The number of aryl methyl sites for hydroxylation is 1. The van der Waals surface area contributed by atoms with Crippen LogP contribution in [0.2, 0.25) is 0 Å². The number of amides is 1. The number of hydrogen-bond donors (Lipinski definition) is 1. The predicted molar refractivity (Wildman–Crippen MR) is 132 cm³/mol. The Kier molecular flexibility index (Phi) is 7.98. The second-order valence-electron chi connectivity index (χ2n) is 8.14. The van der Waals surface area contributed by atoms with Gasteiger partial charge in [0, 0.05) is 25.8 Å². The van der Waals surface area contributed by atoms with E-state index in [1.807, 2.05) is 20.8 Å². The summed E-state index contributed by atoms with van der Waals surface area (Å²) in [4.78, 5) is 54.0. The number of thioether (sulfide) groups is 1. The minimum Gasteiger partial charge on any atom is -0.462 e. The zero-order chi connectivity index (χ0) is 25.0. The number of aromatic nitrogens is 4. The number of benzene rings is 1. The van der Waals surface area contributed by atoms with Crippen LogP contribution in [0.15, 0.2) is 39.0 Å². The largest absolute Gasteiger partial charge is 0.462 e. The molecule has 0 atom stereocenters. The highest BCUT2D eigenvalue weighted by Crippen LogP contribution is 2.25. The number of esters is 1. The van der Waals surface area contributed by atoms with Crippen LogP contribution in [0.1, 0.15) is 50.0 Å². The van der Waals surface area contributed by atoms with Crippen LogP contribution in [0.5, 0.6) is 0 Å². The van der Waals surface area contributed by atoms with Crippen molar-refractivity contribution in [2.45, 2.75) is 44.8 Å². The number of anilines is 1. The first-order valence-electron chi connectivity index (χ1n) is 11.0. The lowest BCUT2D eigenvalue weighted by Gasteiger charge is -2.12. The van der Waals surface area contributed by atoms with Crippen LogP contribution in [-0.4, -0.2) is 42.9 Å². The molecular formula is C23H29N5O5S. The van der Waals surface area contributed by atoms with E-state index in [4.69, 9.17) is 4.74 Å². The van der Waals surface area contributed by atoms with E-state index in [1.165, 1.54) is 23.4 Å². The standard InChI is InChI=1S/C23H29N5O5S/c1-6-7-12-33-21(31)15-8-10-16(11-9-15)24-17(29)13-34-22-25-19-18(28(22)14(2)3)20(30)27(5)23(32)26(19)4/h8-11,14H,6-7,12-13H2,1-5H3,(H,24,29). The Bertz CT molecular complexity index is 1320. The maximum absolute atomic E-state index is 12.7. The van der Waals surface area contributed by atoms with Crippen molar-refractivity contribution in [1.29, 1.82) is 0 Å². The molecule has 0 fully saturated rings. The van der Waals surface area contributed by atoms with Gasteiger partial charge in [0.1, 0.15) is 0 Å². The molecule has 3 rings (SSSR count). The lowest BCUT2D eigenvalue weighted by molar-refractivity contribution is -0.113. The highest BCUT2D eigenvalue weighted by atomic mass is 32.2. The normalized spacial score (nSPS) is 11.2. The first-order chi connectivity index (χ1) is 16.1. The van der Waals surface area contributed by atoms with E-state index in [1.54, 1.807) is 35.9 Å². The van der Waals surface area contributed by atoms with Gasteiger partial charge in [-0.1, -0.05) is 25.1 Å². The molecule has 0 saturated carbocycles. The van der Waals surface area contributed by atoms with Crippen LogP contribution in [0, 0.1) is 0 Å². The van der Waals surface area contributed by atoms with Crippen molar-refractivity contribution in [2.75, 3.05) is 17.7 Å². The quantitative estimate of drug-likeness (QED) is 0.280. The third kappa shape index (κ3) is 5.24. The summed E-state index contributed by atoms with van der Waals surface area (Å²) in [7, 11) is 2.99. The second kappa shape index (κ2) is 10.7. The highest BCUT2D eigenvalue weighted by molar-refractivity contribution is 7.99. The average molecular weight is 488 g/mol. The summed E-state index contributed by atoms with van der Waals surface area (Å²) < 4.78 is 9.30. The Morgan fingerprint density at radius 1 is 1.12 bits per heavy atom. The fraction of sp³-hybridized carbons (Fsp3) is 0.435. The molecule has 34 heavy (non-hydrogen) atoms. The van der Waals surface area contributed by atoms with Gasteiger partial charge in [0.25, 0.3) is 5.56 Å². The maximum Gasteiger partial charge on any atom is 0.338 e. The summed E-state index contributed by atoms with van der Waals surface area (Å²) in [5.74, 6) is -0.618. The van der Waals surface area contributed by atoms with Crippen LogP contribution in [0.25, 0.3) is 11.2 Å². The molecule has 10 nitrogen and oxygen atoms in total. The van der Waals surface area contributed by atoms with Gasteiger partial charge in [-0.25, -0.2) is 14.6 Å². The number of rotatable bonds is 9. The summed E-state index contributed by atoms with van der Waals surface area (Å²) in [5.41, 5.74) is 0.683. The summed E-state index contributed by atoms with van der Waals surface area (Å²) in [6, 6.07) is 6.38. The fourth-order valence-corrected chi connectivity index (χ4v) is 4.31. The zero-order valence-corrected chi connectivity index (χ0v) is 20.8. The van der Waals surface area contributed by atoms with E-state index in [-0.39, 0.29) is 23.3 Å². The van der Waals surface area contributed by atoms with Crippen molar-refractivity contribution in [3.63, 3.8) is 0 Å². The molecule has 1 amide bonds. The summed E-state index contributed by atoms with van der Waals surface area (Å²) >= 11 is 1.18. The van der Waals surface area contributed by atoms with Crippen molar-refractivity contribution in [3.05, 3.63) is 50.7 Å². The number of carbonyl (C=O) groups excluding carboxylic acids is 2. The van der Waals surface area contributed by atoms with Gasteiger partial charge in [0.05, 0.1) is 17.9 Å². The number of hydrogen-bond acceptors (Lipinski definition) is 7. The minimum atomic E-state index is -0.460. The molecule has 0 aliphatic carbocycles. The van der Waals surface area contributed by atoms with Crippen LogP contribution in [0.4, 0.5) is 5.69 Å². The average Bonchev–Trinajstić information content (AvgIpc) is 3.21. The lowest BCUT2D eigenvalue weighted by atomic mass is 10.2. The summed E-state index contributed by atoms with van der Waals surface area (Å²) in [6.45, 7) is 6.22. The van der Waals surface area contributed by atoms with E-state index in [9.17, 15) is 19.2 Å². The third-order valence-corrected chi connectivity index (χ3v) is 6.20. The topological polar surface area (TPSA) is 117 Å². The smallest absolute Gasteiger partial charge is 0.338 e. The first kappa shape index (κ1) is 25.3.